The normalized spacial score (nSPS) is 13.2. The molecule has 17 heavy (non-hydrogen) atoms. The summed E-state index contributed by atoms with van der Waals surface area (Å²) in [4.78, 5) is 11.5. The van der Waals surface area contributed by atoms with Crippen LogP contribution < -0.4 is 0 Å². The molecule has 0 atom stereocenters. The number of nitrogens with zero attached hydrogens (tertiary/aromatic N) is 2. The molecule has 3 nitrogen and oxygen atoms in total. The Bertz CT molecular complexity index is 447. The van der Waals surface area contributed by atoms with E-state index in [9.17, 15) is 13.6 Å². The Morgan fingerprint density at radius 2 is 1.94 bits per heavy atom. The second kappa shape index (κ2) is 5.21. The van der Waals surface area contributed by atoms with Gasteiger partial charge in [-0.15, -0.1) is 0 Å². The second-order valence-electron chi connectivity index (χ2n) is 4.24. The fourth-order valence-corrected chi connectivity index (χ4v) is 1.90. The molecular weight excluding hydrogens is 226 g/mol. The summed E-state index contributed by atoms with van der Waals surface area (Å²) >= 11 is 0. The number of halogens is 2. The summed E-state index contributed by atoms with van der Waals surface area (Å²) < 4.78 is 25.3. The van der Waals surface area contributed by atoms with Crippen molar-refractivity contribution in [2.75, 3.05) is 0 Å². The molecule has 0 fully saturated rings. The van der Waals surface area contributed by atoms with E-state index >= 15 is 0 Å². The van der Waals surface area contributed by atoms with Gasteiger partial charge in [0.1, 0.15) is 0 Å². The summed E-state index contributed by atoms with van der Waals surface area (Å²) in [6, 6.07) is 0. The first-order chi connectivity index (χ1) is 7.84. The molecule has 0 saturated heterocycles. The monoisotopic (exact) mass is 242 g/mol. The zero-order chi connectivity index (χ0) is 13.2. The van der Waals surface area contributed by atoms with Gasteiger partial charge in [-0.3, -0.25) is 4.79 Å². The Balaban J connectivity index is 3.20. The van der Waals surface area contributed by atoms with Gasteiger partial charge in [-0.2, -0.15) is 13.9 Å². The van der Waals surface area contributed by atoms with E-state index in [4.69, 9.17) is 0 Å². The van der Waals surface area contributed by atoms with Crippen LogP contribution >= 0.6 is 0 Å². The first kappa shape index (κ1) is 13.5. The molecule has 0 spiro atoms. The molecule has 0 aliphatic rings. The fraction of sp³-hybridized carbons (Fsp3) is 0.500. The van der Waals surface area contributed by atoms with Crippen LogP contribution in [0.2, 0.25) is 0 Å². The molecule has 1 heterocycles. The van der Waals surface area contributed by atoms with Crippen molar-refractivity contribution in [3.05, 3.63) is 23.5 Å². The van der Waals surface area contributed by atoms with Gasteiger partial charge in [-0.25, -0.2) is 4.68 Å². The van der Waals surface area contributed by atoms with Crippen molar-refractivity contribution in [2.24, 2.45) is 5.92 Å². The predicted octanol–water partition coefficient (Wildman–Crippen LogP) is 3.30. The van der Waals surface area contributed by atoms with Crippen LogP contribution in [-0.2, 0) is 4.79 Å². The number of hydrogen-bond acceptors (Lipinski definition) is 2. The number of hydrogen-bond donors (Lipinski definition) is 0. The standard InChI is InChI=1S/C12H16F2N2O/c1-7(2)11(9(4)17)8(3)10-5-15-16(6-10)12(13)14/h5-7,12H,1-4H3. The summed E-state index contributed by atoms with van der Waals surface area (Å²) in [5.74, 6) is 0.0182. The molecule has 0 aliphatic carbocycles. The number of rotatable bonds is 4. The molecule has 0 N–H and O–H groups in total. The first-order valence-corrected chi connectivity index (χ1v) is 5.39. The smallest absolute Gasteiger partial charge is 0.295 e. The lowest BCUT2D eigenvalue weighted by atomic mass is 9.92. The number of Topliss-reactive ketones (excluding diaryl/α,β-unsaturated/α-hetero) is 1. The summed E-state index contributed by atoms with van der Waals surface area (Å²) in [5, 5.41) is 3.56. The van der Waals surface area contributed by atoms with E-state index in [0.29, 0.717) is 21.4 Å². The average molecular weight is 242 g/mol. The van der Waals surface area contributed by atoms with Crippen molar-refractivity contribution in [2.45, 2.75) is 34.2 Å². The highest BCUT2D eigenvalue weighted by Crippen LogP contribution is 2.25. The zero-order valence-electron chi connectivity index (χ0n) is 10.4. The third kappa shape index (κ3) is 2.99. The van der Waals surface area contributed by atoms with Gasteiger partial charge in [0.15, 0.2) is 5.78 Å². The minimum absolute atomic E-state index is 0.0395. The number of aromatic nitrogens is 2. The van der Waals surface area contributed by atoms with Crippen molar-refractivity contribution in [3.63, 3.8) is 0 Å². The van der Waals surface area contributed by atoms with Crippen LogP contribution in [-0.4, -0.2) is 15.6 Å². The molecule has 0 radical (unpaired) electrons. The number of alkyl halides is 2. The summed E-state index contributed by atoms with van der Waals surface area (Å²) in [6.45, 7) is 4.38. The van der Waals surface area contributed by atoms with Crippen molar-refractivity contribution >= 4 is 11.4 Å². The lowest BCUT2D eigenvalue weighted by Gasteiger charge is -2.11. The van der Waals surface area contributed by atoms with Crippen molar-refractivity contribution in [1.29, 1.82) is 0 Å². The van der Waals surface area contributed by atoms with Crippen LogP contribution in [0.4, 0.5) is 8.78 Å². The molecule has 0 aromatic carbocycles. The highest BCUT2D eigenvalue weighted by molar-refractivity contribution is 6.01. The van der Waals surface area contributed by atoms with E-state index in [0.717, 1.165) is 0 Å². The molecule has 0 unspecified atom stereocenters. The third-order valence-electron chi connectivity index (χ3n) is 2.60. The molecule has 0 saturated carbocycles. The molecule has 0 amide bonds. The maximum Gasteiger partial charge on any atom is 0.333 e. The minimum atomic E-state index is -2.66. The van der Waals surface area contributed by atoms with Crippen LogP contribution in [0.3, 0.4) is 0 Å². The van der Waals surface area contributed by atoms with Crippen LogP contribution in [0.25, 0.3) is 5.57 Å². The Kier molecular flexibility index (Phi) is 4.15. The molecule has 0 aliphatic heterocycles. The average Bonchev–Trinajstić information content (AvgIpc) is 2.64. The number of allylic oxidation sites excluding steroid dienone is 2. The van der Waals surface area contributed by atoms with Gasteiger partial charge in [0.25, 0.3) is 0 Å². The lowest BCUT2D eigenvalue weighted by Crippen LogP contribution is -2.06. The van der Waals surface area contributed by atoms with Crippen LogP contribution in [0.5, 0.6) is 0 Å². The molecule has 5 heteroatoms. The van der Waals surface area contributed by atoms with E-state index in [-0.39, 0.29) is 11.7 Å². The summed E-state index contributed by atoms with van der Waals surface area (Å²) in [5.41, 5.74) is 1.92. The quantitative estimate of drug-likeness (QED) is 0.759. The van der Waals surface area contributed by atoms with Gasteiger partial charge in [-0.1, -0.05) is 13.8 Å². The van der Waals surface area contributed by atoms with Crippen molar-refractivity contribution < 1.29 is 13.6 Å². The first-order valence-electron chi connectivity index (χ1n) is 5.39. The Morgan fingerprint density at radius 1 is 1.35 bits per heavy atom. The van der Waals surface area contributed by atoms with Crippen molar-refractivity contribution in [3.8, 4) is 0 Å². The fourth-order valence-electron chi connectivity index (χ4n) is 1.90. The van der Waals surface area contributed by atoms with E-state index in [1.54, 1.807) is 6.92 Å². The summed E-state index contributed by atoms with van der Waals surface area (Å²) in [7, 11) is 0. The number of carbonyl (C=O) groups is 1. The van der Waals surface area contributed by atoms with Crippen LogP contribution in [0.15, 0.2) is 18.0 Å². The second-order valence-corrected chi connectivity index (χ2v) is 4.24. The minimum Gasteiger partial charge on any atom is -0.295 e. The number of carbonyl (C=O) groups excluding carboxylic acids is 1. The van der Waals surface area contributed by atoms with E-state index in [1.165, 1.54) is 19.3 Å². The van der Waals surface area contributed by atoms with Gasteiger partial charge < -0.3 is 0 Å². The molecule has 1 aromatic rings. The third-order valence-corrected chi connectivity index (χ3v) is 2.60. The largest absolute Gasteiger partial charge is 0.333 e. The zero-order valence-corrected chi connectivity index (χ0v) is 10.4. The van der Waals surface area contributed by atoms with Gasteiger partial charge in [-0.05, 0) is 25.3 Å². The van der Waals surface area contributed by atoms with E-state index in [2.05, 4.69) is 5.10 Å². The molecular formula is C12H16F2N2O. The SMILES string of the molecule is CC(=O)C(=C(C)c1cnn(C(F)F)c1)C(C)C. The Labute approximate surface area is 99.1 Å². The number of ketones is 1. The van der Waals surface area contributed by atoms with E-state index in [1.807, 2.05) is 13.8 Å². The summed E-state index contributed by atoms with van der Waals surface area (Å²) in [6.07, 6.45) is 2.61. The van der Waals surface area contributed by atoms with Crippen LogP contribution in [0.1, 0.15) is 39.8 Å². The topological polar surface area (TPSA) is 34.9 Å². The highest BCUT2D eigenvalue weighted by Gasteiger charge is 2.16. The molecule has 1 aromatic heterocycles. The van der Waals surface area contributed by atoms with Crippen molar-refractivity contribution in [1.82, 2.24) is 9.78 Å². The van der Waals surface area contributed by atoms with Crippen LogP contribution in [0, 0.1) is 5.92 Å². The maximum absolute atomic E-state index is 12.4. The van der Waals surface area contributed by atoms with Gasteiger partial charge in [0.05, 0.1) is 6.20 Å². The Morgan fingerprint density at radius 3 is 2.29 bits per heavy atom. The highest BCUT2D eigenvalue weighted by atomic mass is 19.3. The van der Waals surface area contributed by atoms with Gasteiger partial charge >= 0.3 is 6.55 Å². The lowest BCUT2D eigenvalue weighted by molar-refractivity contribution is -0.113. The van der Waals surface area contributed by atoms with Gasteiger partial charge in [0.2, 0.25) is 0 Å². The Hall–Kier alpha value is -1.52. The van der Waals surface area contributed by atoms with E-state index < -0.39 is 6.55 Å². The van der Waals surface area contributed by atoms with Gasteiger partial charge in [0, 0.05) is 17.3 Å². The molecule has 1 rings (SSSR count). The molecule has 0 bridgehead atoms. The maximum atomic E-state index is 12.4. The molecule has 94 valence electrons. The predicted molar refractivity (Wildman–Crippen MR) is 61.6 cm³/mol.